The maximum Gasteiger partial charge on any atom is 0.254 e. The van der Waals surface area contributed by atoms with Gasteiger partial charge >= 0.3 is 0 Å². The lowest BCUT2D eigenvalue weighted by Crippen LogP contribution is -2.40. The molecule has 0 bridgehead atoms. The molecule has 9 heteroatoms. The van der Waals surface area contributed by atoms with Crippen molar-refractivity contribution in [3.05, 3.63) is 47.5 Å². The highest BCUT2D eigenvalue weighted by molar-refractivity contribution is 7.91. The molecule has 1 heterocycles. The fraction of sp³-hybridized carbons (Fsp3) is 0.435. The zero-order chi connectivity index (χ0) is 23.3. The van der Waals surface area contributed by atoms with Crippen molar-refractivity contribution in [3.63, 3.8) is 0 Å². The van der Waals surface area contributed by atoms with Gasteiger partial charge in [-0.25, -0.2) is 8.42 Å². The average molecular weight is 464 g/mol. The van der Waals surface area contributed by atoms with Crippen LogP contribution in [-0.2, 0) is 16.4 Å². The Balaban J connectivity index is 1.99. The number of sulfone groups is 1. The van der Waals surface area contributed by atoms with Crippen molar-refractivity contribution in [1.29, 1.82) is 0 Å². The summed E-state index contributed by atoms with van der Waals surface area (Å²) in [6, 6.07) is 10.0. The summed E-state index contributed by atoms with van der Waals surface area (Å²) in [5.74, 6) is 1.71. The third kappa shape index (κ3) is 5.27. The Morgan fingerprint density at radius 3 is 2.28 bits per heavy atom. The van der Waals surface area contributed by atoms with Crippen molar-refractivity contribution in [1.82, 2.24) is 4.90 Å². The minimum atomic E-state index is -3.19. The van der Waals surface area contributed by atoms with Crippen molar-refractivity contribution in [2.24, 2.45) is 0 Å². The van der Waals surface area contributed by atoms with Gasteiger partial charge in [-0.15, -0.1) is 0 Å². The molecule has 2 aromatic carbocycles. The maximum atomic E-state index is 13.5. The van der Waals surface area contributed by atoms with E-state index < -0.39 is 15.9 Å². The number of carbonyl (C=O) groups excluding carboxylic acids is 1. The number of nitrogens with zero attached hydrogens (tertiary/aromatic N) is 1. The first kappa shape index (κ1) is 23.7. The number of amides is 1. The minimum Gasteiger partial charge on any atom is -0.494 e. The Morgan fingerprint density at radius 1 is 1.06 bits per heavy atom. The largest absolute Gasteiger partial charge is 0.494 e. The van der Waals surface area contributed by atoms with Crippen LogP contribution in [0.1, 0.15) is 29.3 Å². The van der Waals surface area contributed by atoms with Gasteiger partial charge in [-0.05, 0) is 49.2 Å². The van der Waals surface area contributed by atoms with E-state index in [0.717, 1.165) is 5.56 Å². The minimum absolute atomic E-state index is 0.0612. The zero-order valence-electron chi connectivity index (χ0n) is 18.8. The lowest BCUT2D eigenvalue weighted by molar-refractivity contribution is 0.0680. The molecule has 0 saturated carbocycles. The highest BCUT2D eigenvalue weighted by Gasteiger charge is 2.35. The second-order valence-corrected chi connectivity index (χ2v) is 9.71. The van der Waals surface area contributed by atoms with E-state index in [1.807, 2.05) is 6.92 Å². The summed E-state index contributed by atoms with van der Waals surface area (Å²) in [4.78, 5) is 15.1. The molecule has 1 aliphatic heterocycles. The smallest absolute Gasteiger partial charge is 0.254 e. The van der Waals surface area contributed by atoms with Crippen molar-refractivity contribution < 1.29 is 32.2 Å². The molecule has 2 aromatic rings. The summed E-state index contributed by atoms with van der Waals surface area (Å²) < 4.78 is 46.1. The number of ether oxygens (including phenoxy) is 4. The van der Waals surface area contributed by atoms with E-state index in [4.69, 9.17) is 18.9 Å². The Hall–Kier alpha value is -2.94. The standard InChI is InChI=1S/C23H29NO7S/c1-5-31-19-8-6-7-17(13-19)23(25)24(18-9-10-32(26,27)15-18)14-16-11-20(28-2)22(30-4)21(12-16)29-3/h6-8,11-13,18H,5,9-10,14-15H2,1-4H3/t18-/m1/s1. The predicted molar refractivity (Wildman–Crippen MR) is 121 cm³/mol. The second-order valence-electron chi connectivity index (χ2n) is 7.48. The molecule has 1 aliphatic rings. The molecular formula is C23H29NO7S. The first-order chi connectivity index (χ1) is 15.3. The van der Waals surface area contributed by atoms with E-state index in [9.17, 15) is 13.2 Å². The van der Waals surface area contributed by atoms with Crippen molar-refractivity contribution >= 4 is 15.7 Å². The fourth-order valence-electron chi connectivity index (χ4n) is 3.86. The quantitative estimate of drug-likeness (QED) is 0.565. The molecule has 1 saturated heterocycles. The number of rotatable bonds is 9. The van der Waals surface area contributed by atoms with Crippen LogP contribution in [0.4, 0.5) is 0 Å². The van der Waals surface area contributed by atoms with E-state index >= 15 is 0 Å². The molecule has 8 nitrogen and oxygen atoms in total. The van der Waals surface area contributed by atoms with Crippen LogP contribution in [0.15, 0.2) is 36.4 Å². The fourth-order valence-corrected chi connectivity index (χ4v) is 5.59. The Labute approximate surface area is 188 Å². The van der Waals surface area contributed by atoms with E-state index in [0.29, 0.717) is 41.6 Å². The maximum absolute atomic E-state index is 13.5. The van der Waals surface area contributed by atoms with Crippen molar-refractivity contribution in [2.45, 2.75) is 25.9 Å². The lowest BCUT2D eigenvalue weighted by Gasteiger charge is -2.29. The summed E-state index contributed by atoms with van der Waals surface area (Å²) in [6.45, 7) is 2.54. The molecular weight excluding hydrogens is 434 g/mol. The Bertz CT molecular complexity index is 1040. The molecule has 0 aliphatic carbocycles. The highest BCUT2D eigenvalue weighted by Crippen LogP contribution is 2.39. The number of methoxy groups -OCH3 is 3. The third-order valence-corrected chi connectivity index (χ3v) is 7.13. The van der Waals surface area contributed by atoms with Crippen LogP contribution >= 0.6 is 0 Å². The molecule has 0 spiro atoms. The summed E-state index contributed by atoms with van der Waals surface area (Å²) in [5, 5.41) is 0. The molecule has 0 aromatic heterocycles. The van der Waals surface area contributed by atoms with Gasteiger partial charge in [0, 0.05) is 18.2 Å². The van der Waals surface area contributed by atoms with E-state index in [-0.39, 0.29) is 24.0 Å². The van der Waals surface area contributed by atoms with E-state index in [1.54, 1.807) is 41.3 Å². The van der Waals surface area contributed by atoms with Crippen molar-refractivity contribution in [3.8, 4) is 23.0 Å². The van der Waals surface area contributed by atoms with Gasteiger partial charge in [0.2, 0.25) is 5.75 Å². The first-order valence-corrected chi connectivity index (χ1v) is 12.2. The van der Waals surface area contributed by atoms with Crippen LogP contribution in [0, 0.1) is 0 Å². The number of hydrogen-bond acceptors (Lipinski definition) is 7. The summed E-state index contributed by atoms with van der Waals surface area (Å²) >= 11 is 0. The predicted octanol–water partition coefficient (Wildman–Crippen LogP) is 2.94. The first-order valence-electron chi connectivity index (χ1n) is 10.3. The van der Waals surface area contributed by atoms with Crippen molar-refractivity contribution in [2.75, 3.05) is 39.4 Å². The summed E-state index contributed by atoms with van der Waals surface area (Å²) in [5.41, 5.74) is 1.17. The summed E-state index contributed by atoms with van der Waals surface area (Å²) in [6.07, 6.45) is 0.393. The monoisotopic (exact) mass is 463 g/mol. The van der Waals surface area contributed by atoms with Gasteiger partial charge in [-0.2, -0.15) is 0 Å². The molecule has 174 valence electrons. The van der Waals surface area contributed by atoms with Gasteiger partial charge < -0.3 is 23.8 Å². The highest BCUT2D eigenvalue weighted by atomic mass is 32.2. The molecule has 0 N–H and O–H groups in total. The van der Waals surface area contributed by atoms with Gasteiger partial charge in [-0.1, -0.05) is 6.07 Å². The van der Waals surface area contributed by atoms with Crippen LogP contribution in [0.3, 0.4) is 0 Å². The SMILES string of the molecule is CCOc1cccc(C(=O)N(Cc2cc(OC)c(OC)c(OC)c2)[C@@H]2CCS(=O)(=O)C2)c1. The zero-order valence-corrected chi connectivity index (χ0v) is 19.6. The molecule has 1 amide bonds. The molecule has 0 radical (unpaired) electrons. The molecule has 32 heavy (non-hydrogen) atoms. The van der Waals surface area contributed by atoms with Gasteiger partial charge in [0.15, 0.2) is 21.3 Å². The Morgan fingerprint density at radius 2 is 1.75 bits per heavy atom. The normalized spacial score (nSPS) is 16.9. The lowest BCUT2D eigenvalue weighted by atomic mass is 10.1. The Kier molecular flexibility index (Phi) is 7.50. The van der Waals surface area contributed by atoms with Crippen LogP contribution in [-0.4, -0.2) is 64.7 Å². The molecule has 3 rings (SSSR count). The van der Waals surface area contributed by atoms with Crippen LogP contribution in [0.2, 0.25) is 0 Å². The van der Waals surface area contributed by atoms with Gasteiger partial charge in [0.1, 0.15) is 5.75 Å². The van der Waals surface area contributed by atoms with Gasteiger partial charge in [0.25, 0.3) is 5.91 Å². The average Bonchev–Trinajstić information content (AvgIpc) is 3.15. The second kappa shape index (κ2) is 10.1. The number of carbonyl (C=O) groups is 1. The number of hydrogen-bond donors (Lipinski definition) is 0. The molecule has 0 unspecified atom stereocenters. The topological polar surface area (TPSA) is 91.4 Å². The van der Waals surface area contributed by atoms with Crippen LogP contribution in [0.25, 0.3) is 0 Å². The number of benzene rings is 2. The molecule has 1 fully saturated rings. The van der Waals surface area contributed by atoms with Gasteiger partial charge in [0.05, 0.1) is 39.4 Å². The van der Waals surface area contributed by atoms with Gasteiger partial charge in [-0.3, -0.25) is 4.79 Å². The third-order valence-electron chi connectivity index (χ3n) is 5.38. The van der Waals surface area contributed by atoms with E-state index in [2.05, 4.69) is 0 Å². The summed E-state index contributed by atoms with van der Waals surface area (Å²) in [7, 11) is 1.37. The van der Waals surface area contributed by atoms with E-state index in [1.165, 1.54) is 21.3 Å². The molecule has 1 atom stereocenters. The van der Waals surface area contributed by atoms with Crippen LogP contribution < -0.4 is 18.9 Å². The van der Waals surface area contributed by atoms with Crippen LogP contribution in [0.5, 0.6) is 23.0 Å².